The number of rotatable bonds is 23. The molecule has 0 aliphatic carbocycles. The van der Waals surface area contributed by atoms with Crippen LogP contribution in [0.4, 0.5) is 0 Å². The fourth-order valence-electron chi connectivity index (χ4n) is 7.59. The van der Waals surface area contributed by atoms with Crippen LogP contribution >= 0.6 is 11.8 Å². The van der Waals surface area contributed by atoms with Gasteiger partial charge in [-0.2, -0.15) is 11.8 Å². The molecule has 0 spiro atoms. The molecule has 0 aromatic heterocycles. The first-order valence-corrected chi connectivity index (χ1v) is 20.8. The van der Waals surface area contributed by atoms with Gasteiger partial charge in [-0.05, 0) is 56.7 Å². The van der Waals surface area contributed by atoms with Gasteiger partial charge < -0.3 is 29.9 Å². The molecule has 1 aromatic rings. The first-order chi connectivity index (χ1) is 25.5. The highest BCUT2D eigenvalue weighted by atomic mass is 32.2. The van der Waals surface area contributed by atoms with E-state index in [2.05, 4.69) is 24.5 Å². The number of likely N-dealkylation sites (tertiary alicyclic amines) is 1. The molecule has 0 saturated carbocycles. The quantitative estimate of drug-likeness (QED) is 0.123. The van der Waals surface area contributed by atoms with Crippen LogP contribution in [-0.2, 0) is 39.9 Å². The lowest BCUT2D eigenvalue weighted by molar-refractivity contribution is -0.146. The standard InChI is InChI=1S/C41H69N5O7S/c1-12-29(6)39(45(10)41(51)37(27(2)3)43-40(50)38(28(4)5)44(8)9)34(52-11)26-36(49)46-21-16-19-33(46)32(25-31-17-14-13-15-18-31)42-35(48)20-23-54-24-22-53-30(7)47/h13-15,17-18,27-29,32-34,37-39H,12,16,19-26H2,1-11H3,(H,42,48)(H,43,50). The van der Waals surface area contributed by atoms with E-state index in [4.69, 9.17) is 9.47 Å². The molecule has 2 rings (SSSR count). The molecular weight excluding hydrogens is 707 g/mol. The van der Waals surface area contributed by atoms with Crippen LogP contribution in [0.2, 0.25) is 0 Å². The molecule has 1 saturated heterocycles. The molecule has 2 N–H and O–H groups in total. The zero-order chi connectivity index (χ0) is 40.5. The zero-order valence-electron chi connectivity index (χ0n) is 34.8. The van der Waals surface area contributed by atoms with Crippen molar-refractivity contribution in [3.63, 3.8) is 0 Å². The molecule has 7 unspecified atom stereocenters. The third-order valence-electron chi connectivity index (χ3n) is 10.5. The minimum absolute atomic E-state index is 0.00298. The highest BCUT2D eigenvalue weighted by molar-refractivity contribution is 7.99. The van der Waals surface area contributed by atoms with Crippen LogP contribution < -0.4 is 10.6 Å². The maximum absolute atomic E-state index is 14.3. The molecule has 12 nitrogen and oxygen atoms in total. The van der Waals surface area contributed by atoms with Crippen LogP contribution in [0.1, 0.15) is 86.1 Å². The molecule has 4 amide bonds. The van der Waals surface area contributed by atoms with Gasteiger partial charge in [0.05, 0.1) is 36.7 Å². The normalized spacial score (nSPS) is 17.8. The van der Waals surface area contributed by atoms with Gasteiger partial charge in [0.15, 0.2) is 0 Å². The molecular formula is C41H69N5O7S. The predicted molar refractivity (Wildman–Crippen MR) is 216 cm³/mol. The Balaban J connectivity index is 2.28. The average molecular weight is 776 g/mol. The van der Waals surface area contributed by atoms with E-state index in [-0.39, 0.29) is 71.9 Å². The number of benzene rings is 1. The van der Waals surface area contributed by atoms with E-state index in [1.54, 1.807) is 30.8 Å². The van der Waals surface area contributed by atoms with E-state index < -0.39 is 18.2 Å². The molecule has 306 valence electrons. The van der Waals surface area contributed by atoms with Crippen molar-refractivity contribution in [2.75, 3.05) is 52.9 Å². The fraction of sp³-hybridized carbons (Fsp3) is 0.732. The van der Waals surface area contributed by atoms with Crippen LogP contribution in [0.25, 0.3) is 0 Å². The molecule has 1 aliphatic rings. The summed E-state index contributed by atoms with van der Waals surface area (Å²) in [6.07, 6.45) is 2.69. The molecule has 7 atom stereocenters. The summed E-state index contributed by atoms with van der Waals surface area (Å²) in [6, 6.07) is 7.91. The third kappa shape index (κ3) is 14.5. The van der Waals surface area contributed by atoms with Crippen molar-refractivity contribution in [2.24, 2.45) is 17.8 Å². The highest BCUT2D eigenvalue weighted by Crippen LogP contribution is 2.28. The monoisotopic (exact) mass is 775 g/mol. The van der Waals surface area contributed by atoms with Crippen molar-refractivity contribution < 1.29 is 33.4 Å². The SMILES string of the molecule is CCC(C)C(C(CC(=O)N1CCCC1C(Cc1ccccc1)NC(=O)CCSCCOC(C)=O)OC)N(C)C(=O)C(NC(=O)C(C(C)C)N(C)C)C(C)C. The number of methoxy groups -OCH3 is 1. The number of carbonyl (C=O) groups excluding carboxylic acids is 5. The maximum atomic E-state index is 14.3. The maximum Gasteiger partial charge on any atom is 0.302 e. The Morgan fingerprint density at radius 2 is 1.63 bits per heavy atom. The second-order valence-corrected chi connectivity index (χ2v) is 16.8. The summed E-state index contributed by atoms with van der Waals surface area (Å²) < 4.78 is 11.1. The van der Waals surface area contributed by atoms with Crippen LogP contribution in [0.15, 0.2) is 30.3 Å². The summed E-state index contributed by atoms with van der Waals surface area (Å²) in [5.41, 5.74) is 1.07. The summed E-state index contributed by atoms with van der Waals surface area (Å²) in [5, 5.41) is 6.31. The van der Waals surface area contributed by atoms with Gasteiger partial charge in [0.25, 0.3) is 0 Å². The van der Waals surface area contributed by atoms with Gasteiger partial charge in [0.1, 0.15) is 12.6 Å². The molecule has 1 aliphatic heterocycles. The summed E-state index contributed by atoms with van der Waals surface area (Å²) in [6.45, 7) is 14.2. The van der Waals surface area contributed by atoms with Crippen molar-refractivity contribution >= 4 is 41.4 Å². The Morgan fingerprint density at radius 1 is 0.963 bits per heavy atom. The molecule has 0 radical (unpaired) electrons. The molecule has 1 aromatic carbocycles. The van der Waals surface area contributed by atoms with Gasteiger partial charge in [-0.3, -0.25) is 28.9 Å². The Bertz CT molecular complexity index is 1320. The number of hydrogen-bond acceptors (Lipinski definition) is 9. The summed E-state index contributed by atoms with van der Waals surface area (Å²) in [4.78, 5) is 71.8. The van der Waals surface area contributed by atoms with Gasteiger partial charge in [-0.1, -0.05) is 78.3 Å². The summed E-state index contributed by atoms with van der Waals surface area (Å²) in [7, 11) is 7.06. The second-order valence-electron chi connectivity index (χ2n) is 15.5. The van der Waals surface area contributed by atoms with Crippen molar-refractivity contribution in [1.82, 2.24) is 25.3 Å². The van der Waals surface area contributed by atoms with Crippen LogP contribution in [0.3, 0.4) is 0 Å². The lowest BCUT2D eigenvalue weighted by Gasteiger charge is -2.41. The van der Waals surface area contributed by atoms with Crippen LogP contribution in [-0.4, -0.2) is 134 Å². The molecule has 1 fully saturated rings. The van der Waals surface area contributed by atoms with Gasteiger partial charge in [0, 0.05) is 45.6 Å². The number of nitrogens with zero attached hydrogens (tertiary/aromatic N) is 3. The zero-order valence-corrected chi connectivity index (χ0v) is 35.6. The van der Waals surface area contributed by atoms with Gasteiger partial charge >= 0.3 is 5.97 Å². The largest absolute Gasteiger partial charge is 0.465 e. The number of hydrogen-bond donors (Lipinski definition) is 2. The lowest BCUT2D eigenvalue weighted by atomic mass is 9.89. The van der Waals surface area contributed by atoms with Gasteiger partial charge in [-0.25, -0.2) is 0 Å². The molecule has 1 heterocycles. The summed E-state index contributed by atoms with van der Waals surface area (Å²) in [5.74, 6) is 0.205. The first kappa shape index (κ1) is 47.0. The second kappa shape index (κ2) is 23.7. The number of amides is 4. The molecule has 13 heteroatoms. The Hall–Kier alpha value is -3.16. The van der Waals surface area contributed by atoms with Crippen molar-refractivity contribution in [3.05, 3.63) is 35.9 Å². The molecule has 54 heavy (non-hydrogen) atoms. The Labute approximate surface area is 329 Å². The fourth-order valence-corrected chi connectivity index (χ4v) is 8.32. The van der Waals surface area contributed by atoms with Crippen molar-refractivity contribution in [3.8, 4) is 0 Å². The predicted octanol–water partition coefficient (Wildman–Crippen LogP) is 4.40. The smallest absolute Gasteiger partial charge is 0.302 e. The minimum Gasteiger partial charge on any atom is -0.465 e. The van der Waals surface area contributed by atoms with Crippen molar-refractivity contribution in [2.45, 2.75) is 123 Å². The topological polar surface area (TPSA) is 138 Å². The minimum atomic E-state index is -0.749. The number of esters is 1. The third-order valence-corrected chi connectivity index (χ3v) is 11.5. The van der Waals surface area contributed by atoms with E-state index in [1.807, 2.05) is 81.9 Å². The number of likely N-dealkylation sites (N-methyl/N-ethyl adjacent to an activating group) is 2. The van der Waals surface area contributed by atoms with E-state index in [1.165, 1.54) is 6.92 Å². The van der Waals surface area contributed by atoms with E-state index in [0.717, 1.165) is 24.8 Å². The highest BCUT2D eigenvalue weighted by Gasteiger charge is 2.41. The average Bonchev–Trinajstić information content (AvgIpc) is 3.61. The number of carbonyl (C=O) groups is 5. The summed E-state index contributed by atoms with van der Waals surface area (Å²) >= 11 is 1.55. The van der Waals surface area contributed by atoms with E-state index in [0.29, 0.717) is 37.5 Å². The number of ether oxygens (including phenoxy) is 2. The van der Waals surface area contributed by atoms with Crippen LogP contribution in [0.5, 0.6) is 0 Å². The van der Waals surface area contributed by atoms with Gasteiger partial charge in [-0.15, -0.1) is 0 Å². The van der Waals surface area contributed by atoms with Gasteiger partial charge in [0.2, 0.25) is 23.6 Å². The van der Waals surface area contributed by atoms with E-state index in [9.17, 15) is 24.0 Å². The van der Waals surface area contributed by atoms with Crippen LogP contribution in [0, 0.1) is 17.8 Å². The number of nitrogens with one attached hydrogen (secondary N) is 2. The Morgan fingerprint density at radius 3 is 2.19 bits per heavy atom. The Kier molecular flexibility index (Phi) is 20.6. The van der Waals surface area contributed by atoms with E-state index >= 15 is 0 Å². The molecule has 0 bridgehead atoms. The lowest BCUT2D eigenvalue weighted by Crippen LogP contribution is -2.59. The first-order valence-electron chi connectivity index (χ1n) is 19.6. The van der Waals surface area contributed by atoms with Crippen molar-refractivity contribution in [1.29, 1.82) is 0 Å². The number of thioether (sulfide) groups is 1.